The van der Waals surface area contributed by atoms with Crippen molar-refractivity contribution in [3.05, 3.63) is 53.1 Å². The first-order valence-corrected chi connectivity index (χ1v) is 8.83. The van der Waals surface area contributed by atoms with Crippen LogP contribution >= 0.6 is 0 Å². The molecule has 3 aromatic rings. The van der Waals surface area contributed by atoms with Gasteiger partial charge in [0.15, 0.2) is 22.7 Å². The lowest BCUT2D eigenvalue weighted by molar-refractivity contribution is -0.150. The van der Waals surface area contributed by atoms with Gasteiger partial charge in [0, 0.05) is 6.07 Å². The molecule has 0 saturated heterocycles. The number of rotatable bonds is 5. The molecule has 1 aromatic heterocycles. The van der Waals surface area contributed by atoms with Gasteiger partial charge in [-0.3, -0.25) is 4.79 Å². The first-order valence-electron chi connectivity index (χ1n) is 8.83. The molecule has 0 aliphatic heterocycles. The number of nitrogens with zero attached hydrogens (tertiary/aromatic N) is 3. The van der Waals surface area contributed by atoms with Crippen LogP contribution in [0.2, 0.25) is 0 Å². The number of ether oxygens (including phenoxy) is 1. The van der Waals surface area contributed by atoms with Crippen molar-refractivity contribution in [3.63, 3.8) is 0 Å². The second-order valence-electron chi connectivity index (χ2n) is 7.10. The van der Waals surface area contributed by atoms with Gasteiger partial charge in [-0.25, -0.2) is 13.6 Å². The molecule has 0 spiro atoms. The Morgan fingerprint density at radius 3 is 2.45 bits per heavy atom. The van der Waals surface area contributed by atoms with E-state index in [4.69, 9.17) is 4.74 Å². The highest BCUT2D eigenvalue weighted by molar-refractivity contribution is 6.00. The minimum absolute atomic E-state index is 0.00672. The molecule has 0 aliphatic carbocycles. The Kier molecular flexibility index (Phi) is 5.32. The molecule has 2 aromatic carbocycles. The summed E-state index contributed by atoms with van der Waals surface area (Å²) < 4.78 is 33.4. The zero-order valence-electron chi connectivity index (χ0n) is 16.4. The molecule has 0 radical (unpaired) electrons. The zero-order valence-corrected chi connectivity index (χ0v) is 16.4. The second-order valence-corrected chi connectivity index (χ2v) is 7.10. The molecule has 0 atom stereocenters. The molecule has 152 valence electrons. The molecule has 0 aliphatic rings. The summed E-state index contributed by atoms with van der Waals surface area (Å²) in [5.41, 5.74) is -0.435. The topological polar surface area (TPSA) is 86.1 Å². The Morgan fingerprint density at radius 2 is 1.79 bits per heavy atom. The molecule has 7 nitrogen and oxygen atoms in total. The van der Waals surface area contributed by atoms with E-state index in [2.05, 4.69) is 15.5 Å². The number of hydrogen-bond donors (Lipinski definition) is 1. The van der Waals surface area contributed by atoms with Crippen LogP contribution in [0.5, 0.6) is 0 Å². The van der Waals surface area contributed by atoms with E-state index in [1.807, 2.05) is 19.1 Å². The third-order valence-electron chi connectivity index (χ3n) is 4.63. The lowest BCUT2D eigenvalue weighted by Gasteiger charge is -2.19. The number of methoxy groups -OCH3 is 1. The molecule has 0 fully saturated rings. The van der Waals surface area contributed by atoms with Crippen LogP contribution < -0.4 is 5.32 Å². The number of aromatic nitrogens is 3. The number of amides is 1. The van der Waals surface area contributed by atoms with Gasteiger partial charge in [-0.15, -0.1) is 10.2 Å². The Balaban J connectivity index is 2.00. The maximum absolute atomic E-state index is 14.5. The summed E-state index contributed by atoms with van der Waals surface area (Å²) in [6, 6.07) is 7.92. The normalized spacial score (nSPS) is 11.5. The van der Waals surface area contributed by atoms with E-state index >= 15 is 0 Å². The van der Waals surface area contributed by atoms with Crippen LogP contribution in [0.25, 0.3) is 11.0 Å². The summed E-state index contributed by atoms with van der Waals surface area (Å²) in [7, 11) is 1.20. The van der Waals surface area contributed by atoms with Crippen LogP contribution in [0, 0.1) is 18.6 Å². The van der Waals surface area contributed by atoms with Gasteiger partial charge in [-0.2, -0.15) is 4.80 Å². The third-order valence-corrected chi connectivity index (χ3v) is 4.63. The molecule has 0 bridgehead atoms. The van der Waals surface area contributed by atoms with Crippen LogP contribution in [0.4, 0.5) is 14.5 Å². The molecule has 1 N–H and O–H groups in total. The highest BCUT2D eigenvalue weighted by Crippen LogP contribution is 2.28. The monoisotopic (exact) mass is 402 g/mol. The minimum atomic E-state index is -1.36. The van der Waals surface area contributed by atoms with E-state index in [1.165, 1.54) is 21.0 Å². The smallest absolute Gasteiger partial charge is 0.335 e. The van der Waals surface area contributed by atoms with E-state index in [1.54, 1.807) is 12.1 Å². The molecule has 29 heavy (non-hydrogen) atoms. The molecule has 1 heterocycles. The van der Waals surface area contributed by atoms with Crippen molar-refractivity contribution in [1.82, 2.24) is 15.0 Å². The number of nitrogens with one attached hydrogen (secondary N) is 1. The molecule has 0 saturated carbocycles. The maximum atomic E-state index is 14.5. The number of anilines is 1. The number of carbonyl (C=O) groups is 2. The number of carbonyl (C=O) groups excluding carboxylic acids is 2. The van der Waals surface area contributed by atoms with E-state index in [0.717, 1.165) is 15.9 Å². The average molecular weight is 402 g/mol. The Bertz CT molecular complexity index is 1110. The van der Waals surface area contributed by atoms with Crippen LogP contribution in [-0.2, 0) is 26.3 Å². The summed E-state index contributed by atoms with van der Waals surface area (Å²) in [5.74, 6) is -3.10. The summed E-state index contributed by atoms with van der Waals surface area (Å²) in [6.45, 7) is 4.81. The van der Waals surface area contributed by atoms with Crippen LogP contribution in [0.15, 0.2) is 30.3 Å². The van der Waals surface area contributed by atoms with Crippen molar-refractivity contribution >= 4 is 28.6 Å². The standard InChI is InChI=1S/C20H20F2N4O3/c1-11-7-5-6-8-12(11)9-15(27)23-16-13(21)10-14(22)17-18(16)25-26(24-17)20(2,3)19(28)29-4/h5-8,10H,9H2,1-4H3,(H,23,27). The zero-order chi connectivity index (χ0) is 21.3. The van der Waals surface area contributed by atoms with Gasteiger partial charge in [0.05, 0.1) is 13.5 Å². The number of halogens is 2. The first-order chi connectivity index (χ1) is 13.6. The average Bonchev–Trinajstić information content (AvgIpc) is 3.13. The quantitative estimate of drug-likeness (QED) is 0.663. The molecule has 3 rings (SSSR count). The van der Waals surface area contributed by atoms with Gasteiger partial charge >= 0.3 is 5.97 Å². The summed E-state index contributed by atoms with van der Waals surface area (Å²) in [5, 5.41) is 10.5. The minimum Gasteiger partial charge on any atom is -0.467 e. The van der Waals surface area contributed by atoms with E-state index in [9.17, 15) is 18.4 Å². The van der Waals surface area contributed by atoms with Crippen molar-refractivity contribution in [3.8, 4) is 0 Å². The second kappa shape index (κ2) is 7.57. The fraction of sp³-hybridized carbons (Fsp3) is 0.300. The predicted octanol–water partition coefficient (Wildman–Crippen LogP) is 3.11. The van der Waals surface area contributed by atoms with Gasteiger partial charge in [0.25, 0.3) is 0 Å². The van der Waals surface area contributed by atoms with Gasteiger partial charge < -0.3 is 10.1 Å². The number of esters is 1. The van der Waals surface area contributed by atoms with Crippen LogP contribution in [-0.4, -0.2) is 34.0 Å². The highest BCUT2D eigenvalue weighted by Gasteiger charge is 2.34. The predicted molar refractivity (Wildman–Crippen MR) is 102 cm³/mol. The van der Waals surface area contributed by atoms with Crippen molar-refractivity contribution < 1.29 is 23.1 Å². The fourth-order valence-corrected chi connectivity index (χ4v) is 2.87. The summed E-state index contributed by atoms with van der Waals surface area (Å²) in [6.07, 6.45) is 0.00672. The largest absolute Gasteiger partial charge is 0.467 e. The number of aryl methyl sites for hydroxylation is 1. The number of hydrogen-bond acceptors (Lipinski definition) is 5. The van der Waals surface area contributed by atoms with Crippen LogP contribution in [0.3, 0.4) is 0 Å². The number of fused-ring (bicyclic) bond motifs is 1. The number of benzene rings is 2. The molecule has 9 heteroatoms. The SMILES string of the molecule is COC(=O)C(C)(C)n1nc2c(F)cc(F)c(NC(=O)Cc3ccccc3C)c2n1. The van der Waals surface area contributed by atoms with Gasteiger partial charge in [-0.1, -0.05) is 24.3 Å². The Morgan fingerprint density at radius 1 is 1.14 bits per heavy atom. The highest BCUT2D eigenvalue weighted by atomic mass is 19.1. The molecular weight excluding hydrogens is 382 g/mol. The van der Waals surface area contributed by atoms with E-state index < -0.39 is 29.0 Å². The Labute approximate surface area is 165 Å². The van der Waals surface area contributed by atoms with Gasteiger partial charge in [0.2, 0.25) is 5.91 Å². The summed E-state index contributed by atoms with van der Waals surface area (Å²) >= 11 is 0. The molecule has 0 unspecified atom stereocenters. The summed E-state index contributed by atoms with van der Waals surface area (Å²) in [4.78, 5) is 25.4. The van der Waals surface area contributed by atoms with Crippen molar-refractivity contribution in [1.29, 1.82) is 0 Å². The molecular formula is C20H20F2N4O3. The third kappa shape index (κ3) is 3.80. The fourth-order valence-electron chi connectivity index (χ4n) is 2.87. The van der Waals surface area contributed by atoms with E-state index in [-0.39, 0.29) is 23.1 Å². The maximum Gasteiger partial charge on any atom is 0.335 e. The lowest BCUT2D eigenvalue weighted by atomic mass is 10.1. The van der Waals surface area contributed by atoms with Gasteiger partial charge in [-0.05, 0) is 31.9 Å². The van der Waals surface area contributed by atoms with Crippen LogP contribution in [0.1, 0.15) is 25.0 Å². The van der Waals surface area contributed by atoms with Crippen molar-refractivity contribution in [2.45, 2.75) is 32.7 Å². The Hall–Kier alpha value is -3.36. The van der Waals surface area contributed by atoms with Crippen molar-refractivity contribution in [2.75, 3.05) is 12.4 Å². The lowest BCUT2D eigenvalue weighted by Crippen LogP contribution is -2.38. The van der Waals surface area contributed by atoms with Crippen molar-refractivity contribution in [2.24, 2.45) is 0 Å². The first kappa shape index (κ1) is 20.4. The van der Waals surface area contributed by atoms with E-state index in [0.29, 0.717) is 6.07 Å². The van der Waals surface area contributed by atoms with Gasteiger partial charge in [0.1, 0.15) is 11.2 Å². The molecule has 1 amide bonds.